The standard InChI is InChI=1S/C25H20N4O2S/c1-15-22-17(14-19(26-23(22)31-28-15)16-8-3-2-4-9-16)25(30)29-13-7-11-20(29)24-27-18-10-5-6-12-21(18)32-24/h2-6,8-10,12,14,20H,7,11,13H2,1H3/t20-/m1/s1. The van der Waals surface area contributed by atoms with E-state index >= 15 is 0 Å². The first-order valence-corrected chi connectivity index (χ1v) is 11.5. The molecular formula is C25H20N4O2S. The molecule has 1 aliphatic rings. The first-order valence-electron chi connectivity index (χ1n) is 10.7. The number of aryl methyl sites for hydroxylation is 1. The fraction of sp³-hybridized carbons (Fsp3) is 0.200. The number of carbonyl (C=O) groups is 1. The lowest BCUT2D eigenvalue weighted by atomic mass is 10.0. The van der Waals surface area contributed by atoms with Crippen molar-refractivity contribution in [2.24, 2.45) is 0 Å². The Morgan fingerprint density at radius 1 is 1.09 bits per heavy atom. The molecule has 32 heavy (non-hydrogen) atoms. The maximum Gasteiger partial charge on any atom is 0.259 e. The Hall–Kier alpha value is -3.58. The Morgan fingerprint density at radius 3 is 2.75 bits per heavy atom. The van der Waals surface area contributed by atoms with Gasteiger partial charge in [0.05, 0.1) is 38.6 Å². The number of carbonyl (C=O) groups excluding carboxylic acids is 1. The highest BCUT2D eigenvalue weighted by Crippen LogP contribution is 2.38. The highest BCUT2D eigenvalue weighted by molar-refractivity contribution is 7.18. The van der Waals surface area contributed by atoms with Gasteiger partial charge in [0.2, 0.25) is 0 Å². The number of pyridine rings is 1. The average molecular weight is 441 g/mol. The summed E-state index contributed by atoms with van der Waals surface area (Å²) in [5, 5.41) is 5.77. The minimum absolute atomic E-state index is 0.0246. The number of benzene rings is 2. The number of rotatable bonds is 3. The Balaban J connectivity index is 1.45. The quantitative estimate of drug-likeness (QED) is 0.355. The largest absolute Gasteiger partial charge is 0.335 e. The zero-order valence-corrected chi connectivity index (χ0v) is 18.3. The third-order valence-electron chi connectivity index (χ3n) is 6.03. The van der Waals surface area contributed by atoms with E-state index < -0.39 is 0 Å². The predicted octanol–water partition coefficient (Wildman–Crippen LogP) is 5.79. The van der Waals surface area contributed by atoms with Gasteiger partial charge in [-0.1, -0.05) is 47.6 Å². The summed E-state index contributed by atoms with van der Waals surface area (Å²) in [5.74, 6) is -0.0253. The van der Waals surface area contributed by atoms with E-state index in [4.69, 9.17) is 9.51 Å². The molecule has 0 unspecified atom stereocenters. The van der Waals surface area contributed by atoms with Gasteiger partial charge in [-0.2, -0.15) is 0 Å². The maximum atomic E-state index is 13.9. The van der Waals surface area contributed by atoms with E-state index in [1.807, 2.05) is 66.4 Å². The highest BCUT2D eigenvalue weighted by Gasteiger charge is 2.34. The Kier molecular flexibility index (Phi) is 4.50. The minimum Gasteiger partial charge on any atom is -0.335 e. The van der Waals surface area contributed by atoms with Gasteiger partial charge in [-0.3, -0.25) is 4.79 Å². The van der Waals surface area contributed by atoms with E-state index in [9.17, 15) is 4.79 Å². The van der Waals surface area contributed by atoms with Crippen LogP contribution < -0.4 is 0 Å². The molecule has 0 saturated carbocycles. The molecule has 1 atom stereocenters. The van der Waals surface area contributed by atoms with Crippen LogP contribution in [0.25, 0.3) is 32.6 Å². The lowest BCUT2D eigenvalue weighted by molar-refractivity contribution is 0.0737. The van der Waals surface area contributed by atoms with Crippen molar-refractivity contribution in [2.75, 3.05) is 6.54 Å². The maximum absolute atomic E-state index is 13.9. The lowest BCUT2D eigenvalue weighted by Crippen LogP contribution is -2.30. The average Bonchev–Trinajstić information content (AvgIpc) is 3.56. The molecule has 5 aromatic rings. The van der Waals surface area contributed by atoms with Crippen molar-refractivity contribution in [3.63, 3.8) is 0 Å². The number of likely N-dealkylation sites (tertiary alicyclic amines) is 1. The van der Waals surface area contributed by atoms with Gasteiger partial charge in [-0.25, -0.2) is 9.97 Å². The topological polar surface area (TPSA) is 72.1 Å². The van der Waals surface area contributed by atoms with Crippen LogP contribution in [0.1, 0.15) is 39.9 Å². The summed E-state index contributed by atoms with van der Waals surface area (Å²) in [4.78, 5) is 25.3. The van der Waals surface area contributed by atoms with Gasteiger partial charge in [0.1, 0.15) is 5.01 Å². The fourth-order valence-electron chi connectivity index (χ4n) is 4.47. The van der Waals surface area contributed by atoms with Crippen LogP contribution in [-0.2, 0) is 0 Å². The molecule has 158 valence electrons. The number of aromatic nitrogens is 3. The van der Waals surface area contributed by atoms with Crippen LogP contribution in [0.4, 0.5) is 0 Å². The molecule has 7 heteroatoms. The molecule has 0 spiro atoms. The summed E-state index contributed by atoms with van der Waals surface area (Å²) in [7, 11) is 0. The van der Waals surface area contributed by atoms with E-state index in [-0.39, 0.29) is 11.9 Å². The van der Waals surface area contributed by atoms with Crippen molar-refractivity contribution in [1.29, 1.82) is 0 Å². The summed E-state index contributed by atoms with van der Waals surface area (Å²) < 4.78 is 6.62. The smallest absolute Gasteiger partial charge is 0.259 e. The minimum atomic E-state index is -0.0253. The van der Waals surface area contributed by atoms with Crippen molar-refractivity contribution in [3.05, 3.63) is 76.9 Å². The second-order valence-electron chi connectivity index (χ2n) is 8.05. The van der Waals surface area contributed by atoms with Crippen molar-refractivity contribution in [1.82, 2.24) is 20.0 Å². The number of thiazole rings is 1. The second-order valence-corrected chi connectivity index (χ2v) is 9.11. The molecule has 0 bridgehead atoms. The van der Waals surface area contributed by atoms with Crippen LogP contribution in [0.2, 0.25) is 0 Å². The normalized spacial score (nSPS) is 16.3. The molecule has 0 N–H and O–H groups in total. The van der Waals surface area contributed by atoms with Gasteiger partial charge in [-0.05, 0) is 38.0 Å². The van der Waals surface area contributed by atoms with Crippen molar-refractivity contribution < 1.29 is 9.32 Å². The molecule has 0 radical (unpaired) electrons. The summed E-state index contributed by atoms with van der Waals surface area (Å²) in [6.07, 6.45) is 1.86. The molecule has 0 aliphatic carbocycles. The lowest BCUT2D eigenvalue weighted by Gasteiger charge is -2.23. The van der Waals surface area contributed by atoms with E-state index in [1.165, 1.54) is 0 Å². The Labute approximate surface area is 188 Å². The number of fused-ring (bicyclic) bond motifs is 2. The fourth-order valence-corrected chi connectivity index (χ4v) is 5.59. The molecular weight excluding hydrogens is 420 g/mol. The number of para-hydroxylation sites is 1. The summed E-state index contributed by atoms with van der Waals surface area (Å²) >= 11 is 1.67. The van der Waals surface area contributed by atoms with Gasteiger partial charge in [0.15, 0.2) is 0 Å². The van der Waals surface area contributed by atoms with Gasteiger partial charge in [-0.15, -0.1) is 11.3 Å². The third kappa shape index (κ3) is 3.08. The molecule has 6 rings (SSSR count). The SMILES string of the molecule is Cc1noc2nc(-c3ccccc3)cc(C(=O)N3CCC[C@@H]3c3nc4ccccc4s3)c12. The summed E-state index contributed by atoms with van der Waals surface area (Å²) in [5.41, 5.74) is 4.27. The van der Waals surface area contributed by atoms with E-state index in [1.54, 1.807) is 11.3 Å². The first kappa shape index (κ1) is 19.1. The van der Waals surface area contributed by atoms with E-state index in [0.29, 0.717) is 34.6 Å². The molecule has 6 nitrogen and oxygen atoms in total. The van der Waals surface area contributed by atoms with E-state index in [0.717, 1.165) is 33.6 Å². The van der Waals surface area contributed by atoms with Crippen LogP contribution in [0, 0.1) is 6.92 Å². The molecule has 1 fully saturated rings. The molecule has 4 heterocycles. The van der Waals surface area contributed by atoms with Crippen LogP contribution in [0.3, 0.4) is 0 Å². The van der Waals surface area contributed by atoms with Gasteiger partial charge < -0.3 is 9.42 Å². The number of hydrogen-bond acceptors (Lipinski definition) is 6. The second kappa shape index (κ2) is 7.53. The molecule has 1 aliphatic heterocycles. The first-order chi connectivity index (χ1) is 15.7. The Morgan fingerprint density at radius 2 is 1.91 bits per heavy atom. The van der Waals surface area contributed by atoms with Crippen molar-refractivity contribution >= 4 is 38.6 Å². The van der Waals surface area contributed by atoms with Gasteiger partial charge >= 0.3 is 0 Å². The number of nitrogens with zero attached hydrogens (tertiary/aromatic N) is 4. The summed E-state index contributed by atoms with van der Waals surface area (Å²) in [6, 6.07) is 19.8. The summed E-state index contributed by atoms with van der Waals surface area (Å²) in [6.45, 7) is 2.55. The van der Waals surface area contributed by atoms with Gasteiger partial charge in [0.25, 0.3) is 11.6 Å². The molecule has 3 aromatic heterocycles. The van der Waals surface area contributed by atoms with Crippen LogP contribution in [-0.4, -0.2) is 32.5 Å². The van der Waals surface area contributed by atoms with Crippen LogP contribution >= 0.6 is 11.3 Å². The van der Waals surface area contributed by atoms with Crippen LogP contribution in [0.15, 0.2) is 65.2 Å². The third-order valence-corrected chi connectivity index (χ3v) is 7.16. The zero-order chi connectivity index (χ0) is 21.7. The molecule has 1 saturated heterocycles. The highest BCUT2D eigenvalue weighted by atomic mass is 32.1. The zero-order valence-electron chi connectivity index (χ0n) is 17.5. The molecule has 1 amide bonds. The van der Waals surface area contributed by atoms with Crippen molar-refractivity contribution in [2.45, 2.75) is 25.8 Å². The number of amides is 1. The molecule has 2 aromatic carbocycles. The van der Waals surface area contributed by atoms with Gasteiger partial charge in [0, 0.05) is 12.1 Å². The van der Waals surface area contributed by atoms with Crippen LogP contribution in [0.5, 0.6) is 0 Å². The monoisotopic (exact) mass is 440 g/mol. The predicted molar refractivity (Wildman–Crippen MR) is 125 cm³/mol. The number of hydrogen-bond donors (Lipinski definition) is 0. The van der Waals surface area contributed by atoms with Crippen molar-refractivity contribution in [3.8, 4) is 11.3 Å². The van der Waals surface area contributed by atoms with E-state index in [2.05, 4.69) is 16.2 Å². The Bertz CT molecular complexity index is 1420.